The molecule has 1 aromatic heterocycles. The van der Waals surface area contributed by atoms with Gasteiger partial charge in [0.2, 0.25) is 0 Å². The number of aliphatic hydroxyl groups is 1. The zero-order valence-corrected chi connectivity index (χ0v) is 12.4. The number of anilines is 1. The van der Waals surface area contributed by atoms with E-state index >= 15 is 0 Å². The lowest BCUT2D eigenvalue weighted by Crippen LogP contribution is -2.31. The predicted octanol–water partition coefficient (Wildman–Crippen LogP) is 2.18. The molecule has 108 valence electrons. The topological polar surface area (TPSA) is 48.4 Å². The van der Waals surface area contributed by atoms with E-state index in [9.17, 15) is 5.11 Å². The van der Waals surface area contributed by atoms with Crippen molar-refractivity contribution in [1.29, 1.82) is 0 Å². The van der Waals surface area contributed by atoms with Crippen LogP contribution >= 0.6 is 0 Å². The maximum Gasteiger partial charge on any atom is 0.133 e. The van der Waals surface area contributed by atoms with Gasteiger partial charge in [-0.15, -0.1) is 0 Å². The average Bonchev–Trinajstić information content (AvgIpc) is 2.41. The van der Waals surface area contributed by atoms with Gasteiger partial charge in [0.15, 0.2) is 0 Å². The van der Waals surface area contributed by atoms with Gasteiger partial charge < -0.3 is 15.3 Å². The third-order valence-corrected chi connectivity index (χ3v) is 3.02. The Labute approximate surface area is 116 Å². The van der Waals surface area contributed by atoms with E-state index in [1.807, 2.05) is 12.3 Å². The summed E-state index contributed by atoms with van der Waals surface area (Å²) in [5.74, 6) is 0.998. The molecule has 4 nitrogen and oxygen atoms in total. The first kappa shape index (κ1) is 15.9. The zero-order chi connectivity index (χ0) is 14.1. The summed E-state index contributed by atoms with van der Waals surface area (Å²) in [5.41, 5.74) is 1.20. The Kier molecular flexibility index (Phi) is 7.45. The highest BCUT2D eigenvalue weighted by Gasteiger charge is 2.11. The van der Waals surface area contributed by atoms with Gasteiger partial charge in [-0.25, -0.2) is 4.98 Å². The van der Waals surface area contributed by atoms with E-state index in [2.05, 4.69) is 42.0 Å². The molecule has 0 saturated heterocycles. The highest BCUT2D eigenvalue weighted by Crippen LogP contribution is 2.17. The van der Waals surface area contributed by atoms with Crippen LogP contribution in [0.3, 0.4) is 0 Å². The molecule has 0 saturated carbocycles. The minimum Gasteiger partial charge on any atom is -0.395 e. The van der Waals surface area contributed by atoms with Crippen LogP contribution in [0.2, 0.25) is 0 Å². The van der Waals surface area contributed by atoms with Crippen LogP contribution in [0.5, 0.6) is 0 Å². The van der Waals surface area contributed by atoms with Gasteiger partial charge in [0.1, 0.15) is 5.82 Å². The van der Waals surface area contributed by atoms with Crippen LogP contribution < -0.4 is 10.2 Å². The van der Waals surface area contributed by atoms with Crippen LogP contribution in [0.4, 0.5) is 5.82 Å². The summed E-state index contributed by atoms with van der Waals surface area (Å²) < 4.78 is 0. The van der Waals surface area contributed by atoms with Crippen LogP contribution in [0.15, 0.2) is 18.3 Å². The van der Waals surface area contributed by atoms with Gasteiger partial charge in [0, 0.05) is 37.4 Å². The van der Waals surface area contributed by atoms with Crippen LogP contribution in [0.1, 0.15) is 39.2 Å². The minimum absolute atomic E-state index is 0.164. The largest absolute Gasteiger partial charge is 0.395 e. The highest BCUT2D eigenvalue weighted by molar-refractivity contribution is 5.46. The number of hydrogen-bond donors (Lipinski definition) is 2. The van der Waals surface area contributed by atoms with Gasteiger partial charge in [-0.3, -0.25) is 0 Å². The molecular weight excluding hydrogens is 238 g/mol. The standard InChI is InChI=1S/C15H27N3O/c1-4-5-9-18(10-11-19)15-14(7-6-8-16-15)12-17-13(2)3/h6-8,13,17,19H,4-5,9-12H2,1-3H3. The molecule has 2 N–H and O–H groups in total. The highest BCUT2D eigenvalue weighted by atomic mass is 16.3. The fourth-order valence-corrected chi connectivity index (χ4v) is 1.96. The van der Waals surface area contributed by atoms with Crippen molar-refractivity contribution in [3.63, 3.8) is 0 Å². The summed E-state index contributed by atoms with van der Waals surface area (Å²) in [5, 5.41) is 12.6. The van der Waals surface area contributed by atoms with Crippen molar-refractivity contribution in [2.45, 2.75) is 46.2 Å². The van der Waals surface area contributed by atoms with E-state index in [1.165, 1.54) is 5.56 Å². The van der Waals surface area contributed by atoms with E-state index in [0.717, 1.165) is 31.7 Å². The molecule has 0 aliphatic heterocycles. The second kappa shape index (κ2) is 8.88. The molecule has 19 heavy (non-hydrogen) atoms. The number of aliphatic hydroxyl groups excluding tert-OH is 1. The minimum atomic E-state index is 0.164. The van der Waals surface area contributed by atoms with Crippen molar-refractivity contribution in [2.75, 3.05) is 24.6 Å². The SMILES string of the molecule is CCCCN(CCO)c1ncccc1CNC(C)C. The lowest BCUT2D eigenvalue weighted by atomic mass is 10.2. The van der Waals surface area contributed by atoms with Gasteiger partial charge in [-0.2, -0.15) is 0 Å². The Balaban J connectivity index is 2.81. The molecule has 0 fully saturated rings. The van der Waals surface area contributed by atoms with E-state index < -0.39 is 0 Å². The molecule has 0 unspecified atom stereocenters. The Hall–Kier alpha value is -1.13. The van der Waals surface area contributed by atoms with E-state index in [1.54, 1.807) is 0 Å². The normalized spacial score (nSPS) is 11.0. The van der Waals surface area contributed by atoms with Crippen LogP contribution in [-0.2, 0) is 6.54 Å². The summed E-state index contributed by atoms with van der Waals surface area (Å²) in [7, 11) is 0. The monoisotopic (exact) mass is 265 g/mol. The van der Waals surface area contributed by atoms with Crippen LogP contribution in [0.25, 0.3) is 0 Å². The molecule has 0 amide bonds. The maximum atomic E-state index is 9.22. The Bertz CT molecular complexity index is 355. The first-order valence-corrected chi connectivity index (χ1v) is 7.22. The number of rotatable bonds is 9. The van der Waals surface area contributed by atoms with Crippen molar-refractivity contribution in [1.82, 2.24) is 10.3 Å². The molecule has 0 atom stereocenters. The molecule has 0 aromatic carbocycles. The maximum absolute atomic E-state index is 9.22. The fourth-order valence-electron chi connectivity index (χ4n) is 1.96. The van der Waals surface area contributed by atoms with Crippen molar-refractivity contribution in [2.24, 2.45) is 0 Å². The number of unbranched alkanes of at least 4 members (excludes halogenated alkanes) is 1. The van der Waals surface area contributed by atoms with Gasteiger partial charge in [0.25, 0.3) is 0 Å². The van der Waals surface area contributed by atoms with Gasteiger partial charge in [-0.1, -0.05) is 33.3 Å². The van der Waals surface area contributed by atoms with E-state index in [-0.39, 0.29) is 6.61 Å². The summed E-state index contributed by atoms with van der Waals surface area (Å²) in [6.07, 6.45) is 4.09. The molecule has 0 radical (unpaired) electrons. The van der Waals surface area contributed by atoms with Gasteiger partial charge in [0.05, 0.1) is 6.61 Å². The first-order valence-electron chi connectivity index (χ1n) is 7.22. The lowest BCUT2D eigenvalue weighted by Gasteiger charge is -2.25. The number of aromatic nitrogens is 1. The summed E-state index contributed by atoms with van der Waals surface area (Å²) in [6.45, 7) is 9.02. The van der Waals surface area contributed by atoms with Crippen molar-refractivity contribution in [3.8, 4) is 0 Å². The molecule has 0 aliphatic rings. The van der Waals surface area contributed by atoms with E-state index in [0.29, 0.717) is 12.6 Å². The quantitative estimate of drug-likeness (QED) is 0.718. The molecular formula is C15H27N3O. The molecule has 0 bridgehead atoms. The molecule has 1 aromatic rings. The lowest BCUT2D eigenvalue weighted by molar-refractivity contribution is 0.301. The van der Waals surface area contributed by atoms with Gasteiger partial charge >= 0.3 is 0 Å². The second-order valence-corrected chi connectivity index (χ2v) is 5.09. The zero-order valence-electron chi connectivity index (χ0n) is 12.4. The van der Waals surface area contributed by atoms with E-state index in [4.69, 9.17) is 0 Å². The molecule has 0 spiro atoms. The van der Waals surface area contributed by atoms with Crippen molar-refractivity contribution in [3.05, 3.63) is 23.9 Å². The number of nitrogens with zero attached hydrogens (tertiary/aromatic N) is 2. The summed E-state index contributed by atoms with van der Waals surface area (Å²) in [4.78, 5) is 6.68. The third-order valence-electron chi connectivity index (χ3n) is 3.02. The first-order chi connectivity index (χ1) is 9.19. The summed E-state index contributed by atoms with van der Waals surface area (Å²) in [6, 6.07) is 4.53. The number of hydrogen-bond acceptors (Lipinski definition) is 4. The smallest absolute Gasteiger partial charge is 0.133 e. The Morgan fingerprint density at radius 1 is 1.37 bits per heavy atom. The summed E-state index contributed by atoms with van der Waals surface area (Å²) >= 11 is 0. The molecule has 1 rings (SSSR count). The molecule has 4 heteroatoms. The average molecular weight is 265 g/mol. The van der Waals surface area contributed by atoms with Crippen LogP contribution in [0, 0.1) is 0 Å². The van der Waals surface area contributed by atoms with Crippen molar-refractivity contribution < 1.29 is 5.11 Å². The third kappa shape index (κ3) is 5.57. The Morgan fingerprint density at radius 3 is 2.79 bits per heavy atom. The Morgan fingerprint density at radius 2 is 2.16 bits per heavy atom. The van der Waals surface area contributed by atoms with Crippen molar-refractivity contribution >= 4 is 5.82 Å². The van der Waals surface area contributed by atoms with Crippen LogP contribution in [-0.4, -0.2) is 35.8 Å². The fraction of sp³-hybridized carbons (Fsp3) is 0.667. The van der Waals surface area contributed by atoms with Gasteiger partial charge in [-0.05, 0) is 12.5 Å². The number of nitrogens with one attached hydrogen (secondary N) is 1. The molecule has 1 heterocycles. The second-order valence-electron chi connectivity index (χ2n) is 5.09. The number of pyridine rings is 1. The molecule has 0 aliphatic carbocycles. The predicted molar refractivity (Wildman–Crippen MR) is 80.4 cm³/mol.